The lowest BCUT2D eigenvalue weighted by molar-refractivity contribution is -0.125. The molecular formula is C16H27N5O. The van der Waals surface area contributed by atoms with Crippen LogP contribution in [0.15, 0.2) is 0 Å². The van der Waals surface area contributed by atoms with Crippen molar-refractivity contribution < 1.29 is 4.79 Å². The van der Waals surface area contributed by atoms with Crippen molar-refractivity contribution in [3.05, 3.63) is 11.4 Å². The first-order valence-electron chi connectivity index (χ1n) is 8.53. The number of rotatable bonds is 4. The molecule has 2 heterocycles. The molecule has 3 rings (SSSR count). The molecule has 0 aromatic carbocycles. The number of H-pyrrole nitrogens is 1. The van der Waals surface area contributed by atoms with Crippen LogP contribution in [-0.4, -0.2) is 51.9 Å². The minimum atomic E-state index is 0.0578. The maximum atomic E-state index is 12.4. The highest BCUT2D eigenvalue weighted by molar-refractivity contribution is 5.79. The van der Waals surface area contributed by atoms with Crippen LogP contribution in [0.1, 0.15) is 44.5 Å². The van der Waals surface area contributed by atoms with Gasteiger partial charge in [0.05, 0.1) is 11.4 Å². The van der Waals surface area contributed by atoms with E-state index in [0.29, 0.717) is 12.0 Å². The maximum Gasteiger partial charge on any atom is 0.223 e. The van der Waals surface area contributed by atoms with Gasteiger partial charge in [-0.1, -0.05) is 0 Å². The summed E-state index contributed by atoms with van der Waals surface area (Å²) in [5, 5.41) is 14.1. The second-order valence-corrected chi connectivity index (χ2v) is 7.00. The smallest absolute Gasteiger partial charge is 0.223 e. The third-order valence-electron chi connectivity index (χ3n) is 5.09. The number of piperidine rings is 1. The predicted molar refractivity (Wildman–Crippen MR) is 84.3 cm³/mol. The lowest BCUT2D eigenvalue weighted by Gasteiger charge is -2.35. The molecule has 0 spiro atoms. The van der Waals surface area contributed by atoms with E-state index >= 15 is 0 Å². The first kappa shape index (κ1) is 15.5. The zero-order valence-corrected chi connectivity index (χ0v) is 13.6. The van der Waals surface area contributed by atoms with Crippen molar-refractivity contribution in [2.24, 2.45) is 11.8 Å². The standard InChI is InChI=1S/C16H27N5O/c1-11(2)21-7-3-4-12(10-21)9-17-16(22)13-5-6-14-15(8-13)19-20-18-14/h11-13H,3-10H2,1-2H3,(H,17,22)(H,18,19,20). The van der Waals surface area contributed by atoms with Gasteiger partial charge in [-0.25, -0.2) is 0 Å². The largest absolute Gasteiger partial charge is 0.356 e. The average Bonchev–Trinajstić information content (AvgIpc) is 3.00. The van der Waals surface area contributed by atoms with Gasteiger partial charge in [0.15, 0.2) is 0 Å². The number of aryl methyl sites for hydroxylation is 1. The lowest BCUT2D eigenvalue weighted by atomic mass is 9.89. The molecule has 1 amide bonds. The van der Waals surface area contributed by atoms with Crippen LogP contribution in [0, 0.1) is 11.8 Å². The monoisotopic (exact) mass is 305 g/mol. The average molecular weight is 305 g/mol. The molecule has 1 saturated heterocycles. The molecule has 2 N–H and O–H groups in total. The molecule has 0 saturated carbocycles. The fraction of sp³-hybridized carbons (Fsp3) is 0.812. The summed E-state index contributed by atoms with van der Waals surface area (Å²) in [6.45, 7) is 7.61. The van der Waals surface area contributed by atoms with Gasteiger partial charge in [0, 0.05) is 31.5 Å². The molecular weight excluding hydrogens is 278 g/mol. The second-order valence-electron chi connectivity index (χ2n) is 7.00. The van der Waals surface area contributed by atoms with Gasteiger partial charge in [0.1, 0.15) is 0 Å². The van der Waals surface area contributed by atoms with E-state index in [-0.39, 0.29) is 11.8 Å². The Kier molecular flexibility index (Phi) is 4.76. The van der Waals surface area contributed by atoms with Crippen LogP contribution in [0.4, 0.5) is 0 Å². The molecule has 122 valence electrons. The Hall–Kier alpha value is -1.43. The number of nitrogens with zero attached hydrogens (tertiary/aromatic N) is 3. The summed E-state index contributed by atoms with van der Waals surface area (Å²) in [5.41, 5.74) is 2.00. The van der Waals surface area contributed by atoms with Crippen molar-refractivity contribution in [1.82, 2.24) is 25.6 Å². The van der Waals surface area contributed by atoms with Crippen molar-refractivity contribution in [2.75, 3.05) is 19.6 Å². The zero-order chi connectivity index (χ0) is 15.5. The number of amides is 1. The number of aromatic nitrogens is 3. The number of nitrogens with one attached hydrogen (secondary N) is 2. The molecule has 2 aliphatic rings. The molecule has 0 radical (unpaired) electrons. The van der Waals surface area contributed by atoms with Crippen LogP contribution in [0.5, 0.6) is 0 Å². The number of carbonyl (C=O) groups excluding carboxylic acids is 1. The minimum Gasteiger partial charge on any atom is -0.356 e. The highest BCUT2D eigenvalue weighted by atomic mass is 16.1. The van der Waals surface area contributed by atoms with Crippen LogP contribution in [0.3, 0.4) is 0 Å². The van der Waals surface area contributed by atoms with Crippen molar-refractivity contribution in [3.63, 3.8) is 0 Å². The summed E-state index contributed by atoms with van der Waals surface area (Å²) in [4.78, 5) is 14.9. The molecule has 6 heteroatoms. The Labute approximate surface area is 132 Å². The van der Waals surface area contributed by atoms with Gasteiger partial charge in [-0.3, -0.25) is 4.79 Å². The Balaban J connectivity index is 1.46. The first-order valence-corrected chi connectivity index (χ1v) is 8.53. The number of likely N-dealkylation sites (tertiary alicyclic amines) is 1. The molecule has 2 atom stereocenters. The van der Waals surface area contributed by atoms with E-state index in [0.717, 1.165) is 43.7 Å². The van der Waals surface area contributed by atoms with Crippen LogP contribution >= 0.6 is 0 Å². The van der Waals surface area contributed by atoms with E-state index in [2.05, 4.69) is 39.5 Å². The summed E-state index contributed by atoms with van der Waals surface area (Å²) in [5.74, 6) is 0.837. The van der Waals surface area contributed by atoms with E-state index in [1.54, 1.807) is 0 Å². The van der Waals surface area contributed by atoms with Gasteiger partial charge in [-0.15, -0.1) is 0 Å². The molecule has 1 aliphatic heterocycles. The Morgan fingerprint density at radius 1 is 1.36 bits per heavy atom. The van der Waals surface area contributed by atoms with Crippen LogP contribution in [-0.2, 0) is 17.6 Å². The van der Waals surface area contributed by atoms with Crippen LogP contribution in [0.25, 0.3) is 0 Å². The third kappa shape index (κ3) is 3.48. The molecule has 2 unspecified atom stereocenters. The normalized spacial score (nSPS) is 26.0. The molecule has 6 nitrogen and oxygen atoms in total. The van der Waals surface area contributed by atoms with Gasteiger partial charge in [-0.05, 0) is 52.0 Å². The van der Waals surface area contributed by atoms with Crippen molar-refractivity contribution in [1.29, 1.82) is 0 Å². The summed E-state index contributed by atoms with van der Waals surface area (Å²) < 4.78 is 0. The van der Waals surface area contributed by atoms with Crippen molar-refractivity contribution >= 4 is 5.91 Å². The van der Waals surface area contributed by atoms with Crippen molar-refractivity contribution in [2.45, 2.75) is 52.0 Å². The van der Waals surface area contributed by atoms with E-state index < -0.39 is 0 Å². The van der Waals surface area contributed by atoms with Gasteiger partial charge < -0.3 is 10.2 Å². The predicted octanol–water partition coefficient (Wildman–Crippen LogP) is 1.15. The summed E-state index contributed by atoms with van der Waals surface area (Å²) >= 11 is 0. The minimum absolute atomic E-state index is 0.0578. The molecule has 0 bridgehead atoms. The molecule has 1 aromatic heterocycles. The van der Waals surface area contributed by atoms with E-state index in [1.165, 1.54) is 19.4 Å². The lowest BCUT2D eigenvalue weighted by Crippen LogP contribution is -2.45. The summed E-state index contributed by atoms with van der Waals surface area (Å²) in [6.07, 6.45) is 4.93. The highest BCUT2D eigenvalue weighted by Crippen LogP contribution is 2.23. The zero-order valence-electron chi connectivity index (χ0n) is 13.6. The number of aromatic amines is 1. The fourth-order valence-corrected chi connectivity index (χ4v) is 3.63. The van der Waals surface area contributed by atoms with Crippen LogP contribution in [0.2, 0.25) is 0 Å². The number of fused-ring (bicyclic) bond motifs is 1. The number of carbonyl (C=O) groups is 1. The Bertz CT molecular complexity index is 512. The van der Waals surface area contributed by atoms with E-state index in [9.17, 15) is 4.79 Å². The van der Waals surface area contributed by atoms with Gasteiger partial charge in [0.2, 0.25) is 5.91 Å². The van der Waals surface area contributed by atoms with Crippen molar-refractivity contribution in [3.8, 4) is 0 Å². The van der Waals surface area contributed by atoms with Gasteiger partial charge >= 0.3 is 0 Å². The first-order chi connectivity index (χ1) is 10.6. The van der Waals surface area contributed by atoms with Crippen LogP contribution < -0.4 is 5.32 Å². The third-order valence-corrected chi connectivity index (χ3v) is 5.09. The topological polar surface area (TPSA) is 73.9 Å². The number of hydrogen-bond donors (Lipinski definition) is 2. The highest BCUT2D eigenvalue weighted by Gasteiger charge is 2.28. The fourth-order valence-electron chi connectivity index (χ4n) is 3.63. The Morgan fingerprint density at radius 2 is 2.18 bits per heavy atom. The molecule has 1 aliphatic carbocycles. The van der Waals surface area contributed by atoms with Gasteiger partial charge in [-0.2, -0.15) is 15.4 Å². The summed E-state index contributed by atoms with van der Waals surface area (Å²) in [7, 11) is 0. The SMILES string of the molecule is CC(C)N1CCCC(CNC(=O)C2CCc3n[nH]nc3C2)C1. The van der Waals surface area contributed by atoms with E-state index in [4.69, 9.17) is 0 Å². The quantitative estimate of drug-likeness (QED) is 0.875. The van der Waals surface area contributed by atoms with Gasteiger partial charge in [0.25, 0.3) is 0 Å². The Morgan fingerprint density at radius 3 is 3.00 bits per heavy atom. The summed E-state index contributed by atoms with van der Waals surface area (Å²) in [6, 6.07) is 0.599. The molecule has 1 aromatic rings. The second kappa shape index (κ2) is 6.77. The molecule has 22 heavy (non-hydrogen) atoms. The van der Waals surface area contributed by atoms with E-state index in [1.807, 2.05) is 0 Å². The number of hydrogen-bond acceptors (Lipinski definition) is 4. The maximum absolute atomic E-state index is 12.4. The molecule has 1 fully saturated rings.